The van der Waals surface area contributed by atoms with Crippen molar-refractivity contribution in [1.29, 1.82) is 0 Å². The van der Waals surface area contributed by atoms with E-state index < -0.39 is 9.84 Å². The Kier molecular flexibility index (Phi) is 5.65. The van der Waals surface area contributed by atoms with E-state index in [4.69, 9.17) is 0 Å². The standard InChI is InChI=1S/C23H20N2O3S2/c1-2-30(27,28)21-15-9-6-12-18(21)22(26)25(16-17-10-4-3-5-11-17)23-24-19-13-7-8-14-20(19)29-23/h3-15H,2,16H2,1H3. The molecule has 0 aliphatic carbocycles. The van der Waals surface area contributed by atoms with Crippen molar-refractivity contribution in [3.63, 3.8) is 0 Å². The second kappa shape index (κ2) is 8.38. The summed E-state index contributed by atoms with van der Waals surface area (Å²) in [5.74, 6) is -0.456. The van der Waals surface area contributed by atoms with E-state index in [0.29, 0.717) is 11.7 Å². The maximum absolute atomic E-state index is 13.6. The monoisotopic (exact) mass is 436 g/mol. The van der Waals surface area contributed by atoms with Gasteiger partial charge in [0, 0.05) is 0 Å². The minimum absolute atomic E-state index is 0.0525. The summed E-state index contributed by atoms with van der Waals surface area (Å²) < 4.78 is 26.2. The van der Waals surface area contributed by atoms with Gasteiger partial charge in [-0.1, -0.05) is 72.9 Å². The van der Waals surface area contributed by atoms with Crippen molar-refractivity contribution in [3.05, 3.63) is 90.0 Å². The Labute approximate surface area is 179 Å². The van der Waals surface area contributed by atoms with Gasteiger partial charge >= 0.3 is 0 Å². The van der Waals surface area contributed by atoms with E-state index in [9.17, 15) is 13.2 Å². The quantitative estimate of drug-likeness (QED) is 0.429. The molecule has 30 heavy (non-hydrogen) atoms. The Morgan fingerprint density at radius 1 is 0.933 bits per heavy atom. The number of anilines is 1. The van der Waals surface area contributed by atoms with E-state index in [1.54, 1.807) is 30.0 Å². The number of nitrogens with zero attached hydrogens (tertiary/aromatic N) is 2. The van der Waals surface area contributed by atoms with Gasteiger partial charge in [0.05, 0.1) is 33.0 Å². The number of hydrogen-bond acceptors (Lipinski definition) is 5. The van der Waals surface area contributed by atoms with E-state index in [0.717, 1.165) is 15.8 Å². The van der Waals surface area contributed by atoms with Crippen molar-refractivity contribution in [3.8, 4) is 0 Å². The van der Waals surface area contributed by atoms with Gasteiger partial charge in [-0.3, -0.25) is 9.69 Å². The van der Waals surface area contributed by atoms with Crippen LogP contribution in [0.2, 0.25) is 0 Å². The fourth-order valence-electron chi connectivity index (χ4n) is 3.18. The van der Waals surface area contributed by atoms with Crippen LogP contribution in [0.5, 0.6) is 0 Å². The van der Waals surface area contributed by atoms with Gasteiger partial charge in [0.15, 0.2) is 15.0 Å². The molecule has 5 nitrogen and oxygen atoms in total. The molecule has 0 spiro atoms. The van der Waals surface area contributed by atoms with Gasteiger partial charge in [-0.2, -0.15) is 0 Å². The van der Waals surface area contributed by atoms with Crippen LogP contribution in [-0.2, 0) is 16.4 Å². The maximum atomic E-state index is 13.6. The van der Waals surface area contributed by atoms with Crippen LogP contribution < -0.4 is 4.90 Å². The van der Waals surface area contributed by atoms with Crippen LogP contribution >= 0.6 is 11.3 Å². The number of aromatic nitrogens is 1. The van der Waals surface area contributed by atoms with E-state index in [2.05, 4.69) is 4.98 Å². The number of carbonyl (C=O) groups excluding carboxylic acids is 1. The van der Waals surface area contributed by atoms with Crippen LogP contribution in [0.15, 0.2) is 83.8 Å². The van der Waals surface area contributed by atoms with Crippen molar-refractivity contribution in [2.45, 2.75) is 18.4 Å². The SMILES string of the molecule is CCS(=O)(=O)c1ccccc1C(=O)N(Cc1ccccc1)c1nc2ccccc2s1. The molecule has 4 aromatic rings. The first-order valence-corrected chi connectivity index (χ1v) is 12.0. The average molecular weight is 437 g/mol. The largest absolute Gasteiger partial charge is 0.279 e. The fourth-order valence-corrected chi connectivity index (χ4v) is 5.23. The number of sulfone groups is 1. The molecule has 0 bridgehead atoms. The lowest BCUT2D eigenvalue weighted by Crippen LogP contribution is -2.31. The Morgan fingerprint density at radius 3 is 2.33 bits per heavy atom. The van der Waals surface area contributed by atoms with Crippen LogP contribution in [0, 0.1) is 0 Å². The zero-order chi connectivity index (χ0) is 21.1. The lowest BCUT2D eigenvalue weighted by molar-refractivity contribution is 0.0982. The van der Waals surface area contributed by atoms with Gasteiger partial charge in [0.1, 0.15) is 0 Å². The van der Waals surface area contributed by atoms with Crippen molar-refractivity contribution in [1.82, 2.24) is 4.98 Å². The Morgan fingerprint density at radius 2 is 1.60 bits per heavy atom. The molecule has 0 saturated heterocycles. The predicted molar refractivity (Wildman–Crippen MR) is 121 cm³/mol. The highest BCUT2D eigenvalue weighted by Gasteiger charge is 2.27. The fraction of sp³-hybridized carbons (Fsp3) is 0.130. The van der Waals surface area contributed by atoms with E-state index >= 15 is 0 Å². The molecule has 0 saturated carbocycles. The first-order valence-electron chi connectivity index (χ1n) is 9.53. The molecule has 0 unspecified atom stereocenters. The highest BCUT2D eigenvalue weighted by atomic mass is 32.2. The minimum Gasteiger partial charge on any atom is -0.279 e. The number of amides is 1. The molecule has 4 rings (SSSR count). The molecule has 0 radical (unpaired) electrons. The van der Waals surface area contributed by atoms with E-state index in [1.165, 1.54) is 17.4 Å². The van der Waals surface area contributed by atoms with Gasteiger partial charge < -0.3 is 0 Å². The second-order valence-corrected chi connectivity index (χ2v) is 10.00. The van der Waals surface area contributed by atoms with Crippen LogP contribution in [0.4, 0.5) is 5.13 Å². The molecule has 0 atom stereocenters. The minimum atomic E-state index is -3.55. The van der Waals surface area contributed by atoms with E-state index in [-0.39, 0.29) is 22.1 Å². The molecular formula is C23H20N2O3S2. The highest BCUT2D eigenvalue weighted by molar-refractivity contribution is 7.91. The normalized spacial score (nSPS) is 11.5. The third kappa shape index (κ3) is 3.99. The van der Waals surface area contributed by atoms with Crippen LogP contribution in [0.1, 0.15) is 22.8 Å². The van der Waals surface area contributed by atoms with Gasteiger partial charge in [-0.05, 0) is 29.8 Å². The first kappa shape index (κ1) is 20.3. The smallest absolute Gasteiger partial charge is 0.261 e. The zero-order valence-corrected chi connectivity index (χ0v) is 18.0. The molecule has 3 aromatic carbocycles. The molecule has 0 fully saturated rings. The predicted octanol–water partition coefficient (Wildman–Crippen LogP) is 4.94. The number of carbonyl (C=O) groups is 1. The molecule has 1 heterocycles. The van der Waals surface area contributed by atoms with Crippen LogP contribution in [0.3, 0.4) is 0 Å². The summed E-state index contributed by atoms with van der Waals surface area (Å²) in [6.07, 6.45) is 0. The van der Waals surface area contributed by atoms with Gasteiger partial charge in [-0.15, -0.1) is 0 Å². The summed E-state index contributed by atoms with van der Waals surface area (Å²) >= 11 is 1.41. The summed E-state index contributed by atoms with van der Waals surface area (Å²) in [7, 11) is -3.55. The summed E-state index contributed by atoms with van der Waals surface area (Å²) in [6.45, 7) is 1.87. The molecule has 0 N–H and O–H groups in total. The van der Waals surface area contributed by atoms with Crippen molar-refractivity contribution in [2.24, 2.45) is 0 Å². The number of para-hydroxylation sites is 1. The Balaban J connectivity index is 1.83. The third-order valence-corrected chi connectivity index (χ3v) is 7.62. The molecule has 1 amide bonds. The molecule has 152 valence electrons. The number of thiazole rings is 1. The first-order chi connectivity index (χ1) is 14.5. The Bertz CT molecular complexity index is 1270. The number of fused-ring (bicyclic) bond motifs is 1. The molecular weight excluding hydrogens is 416 g/mol. The van der Waals surface area contributed by atoms with E-state index in [1.807, 2.05) is 54.6 Å². The third-order valence-electron chi connectivity index (χ3n) is 4.77. The van der Waals surface area contributed by atoms with Crippen molar-refractivity contribution < 1.29 is 13.2 Å². The Hall–Kier alpha value is -3.03. The molecule has 0 aliphatic heterocycles. The molecule has 0 aliphatic rings. The zero-order valence-electron chi connectivity index (χ0n) is 16.4. The summed E-state index contributed by atoms with van der Waals surface area (Å²) in [4.78, 5) is 19.9. The van der Waals surface area contributed by atoms with Gasteiger partial charge in [0.25, 0.3) is 5.91 Å². The van der Waals surface area contributed by atoms with Gasteiger partial charge in [-0.25, -0.2) is 13.4 Å². The lowest BCUT2D eigenvalue weighted by Gasteiger charge is -2.21. The number of rotatable bonds is 6. The second-order valence-electron chi connectivity index (χ2n) is 6.74. The van der Waals surface area contributed by atoms with Crippen molar-refractivity contribution >= 4 is 42.4 Å². The summed E-state index contributed by atoms with van der Waals surface area (Å²) in [5, 5.41) is 0.536. The van der Waals surface area contributed by atoms with Gasteiger partial charge in [0.2, 0.25) is 0 Å². The highest BCUT2D eigenvalue weighted by Crippen LogP contribution is 2.31. The van der Waals surface area contributed by atoms with Crippen molar-refractivity contribution in [2.75, 3.05) is 10.7 Å². The summed E-state index contributed by atoms with van der Waals surface area (Å²) in [5.41, 5.74) is 1.90. The molecule has 1 aromatic heterocycles. The number of hydrogen-bond donors (Lipinski definition) is 0. The maximum Gasteiger partial charge on any atom is 0.261 e. The topological polar surface area (TPSA) is 67.3 Å². The lowest BCUT2D eigenvalue weighted by atomic mass is 10.1. The van der Waals surface area contributed by atoms with Crippen LogP contribution in [-0.4, -0.2) is 25.1 Å². The number of benzene rings is 3. The summed E-state index contributed by atoms with van der Waals surface area (Å²) in [6, 6.07) is 23.7. The molecule has 7 heteroatoms. The average Bonchev–Trinajstić information content (AvgIpc) is 3.21. The van der Waals surface area contributed by atoms with Crippen LogP contribution in [0.25, 0.3) is 10.2 Å².